The van der Waals surface area contributed by atoms with Crippen LogP contribution in [-0.2, 0) is 19.2 Å². The van der Waals surface area contributed by atoms with Crippen molar-refractivity contribution in [3.8, 4) is 0 Å². The van der Waals surface area contributed by atoms with Gasteiger partial charge in [0.15, 0.2) is 0 Å². The molecule has 0 spiro atoms. The molecular formula is C10H7NO5S. The molecule has 0 saturated carbocycles. The van der Waals surface area contributed by atoms with Gasteiger partial charge in [-0.1, -0.05) is 24.3 Å². The minimum Gasteiger partial charge on any atom is -0.286 e. The van der Waals surface area contributed by atoms with Crippen molar-refractivity contribution in [3.05, 3.63) is 41.5 Å². The van der Waals surface area contributed by atoms with Crippen molar-refractivity contribution < 1.29 is 22.3 Å². The molecule has 0 unspecified atom stereocenters. The summed E-state index contributed by atoms with van der Waals surface area (Å²) >= 11 is 0. The molecule has 0 aliphatic heterocycles. The molecule has 0 fully saturated rings. The first-order valence-electron chi connectivity index (χ1n) is 4.50. The van der Waals surface area contributed by atoms with Crippen molar-refractivity contribution in [1.29, 1.82) is 0 Å². The first-order chi connectivity index (χ1) is 7.97. The van der Waals surface area contributed by atoms with E-state index in [0.717, 1.165) is 0 Å². The van der Waals surface area contributed by atoms with E-state index in [0.29, 0.717) is 6.08 Å². The Morgan fingerprint density at radius 3 is 2.24 bits per heavy atom. The number of hydrogen-bond acceptors (Lipinski definition) is 6. The predicted molar refractivity (Wildman–Crippen MR) is 57.9 cm³/mol. The molecule has 0 bridgehead atoms. The normalized spacial score (nSPS) is 15.5. The van der Waals surface area contributed by atoms with Gasteiger partial charge in [0, 0.05) is 17.2 Å². The monoisotopic (exact) mass is 253 g/mol. The fraction of sp³-hybridized carbons (Fsp3) is 0. The summed E-state index contributed by atoms with van der Waals surface area (Å²) in [4.78, 5) is 22.5. The summed E-state index contributed by atoms with van der Waals surface area (Å²) in [5.41, 5.74) is 0.137. The van der Waals surface area contributed by atoms with Crippen molar-refractivity contribution in [2.24, 2.45) is 5.90 Å². The molecule has 17 heavy (non-hydrogen) atoms. The number of hydrogen-bond donors (Lipinski definition) is 1. The Kier molecular flexibility index (Phi) is 2.66. The Balaban J connectivity index is 2.75. The molecule has 6 nitrogen and oxygen atoms in total. The molecule has 0 radical (unpaired) electrons. The van der Waals surface area contributed by atoms with Gasteiger partial charge in [-0.2, -0.15) is 18.6 Å². The van der Waals surface area contributed by atoms with E-state index in [-0.39, 0.29) is 11.1 Å². The van der Waals surface area contributed by atoms with E-state index in [2.05, 4.69) is 10.2 Å². The Hall–Kier alpha value is -1.83. The van der Waals surface area contributed by atoms with Crippen molar-refractivity contribution in [2.75, 3.05) is 0 Å². The number of allylic oxidation sites excluding steroid dienone is 1. The van der Waals surface area contributed by atoms with Crippen LogP contribution in [-0.4, -0.2) is 20.0 Å². The summed E-state index contributed by atoms with van der Waals surface area (Å²) < 4.78 is 26.8. The van der Waals surface area contributed by atoms with Crippen LogP contribution in [0.4, 0.5) is 0 Å². The smallest absolute Gasteiger partial charge is 0.286 e. The lowest BCUT2D eigenvalue weighted by Gasteiger charge is -2.14. The highest BCUT2D eigenvalue weighted by Crippen LogP contribution is 2.29. The van der Waals surface area contributed by atoms with Crippen molar-refractivity contribution in [2.45, 2.75) is 0 Å². The first-order valence-corrected chi connectivity index (χ1v) is 5.91. The number of carbonyl (C=O) groups excluding carboxylic acids is 2. The summed E-state index contributed by atoms with van der Waals surface area (Å²) in [5.74, 6) is 2.98. The molecule has 7 heteroatoms. The molecule has 2 N–H and O–H groups in total. The second kappa shape index (κ2) is 3.88. The zero-order chi connectivity index (χ0) is 12.6. The maximum atomic E-state index is 11.5. The molecule has 0 aromatic heterocycles. The predicted octanol–water partition coefficient (Wildman–Crippen LogP) is 0.0130. The van der Waals surface area contributed by atoms with Crippen molar-refractivity contribution in [3.63, 3.8) is 0 Å². The topological polar surface area (TPSA) is 104 Å². The molecule has 1 aliphatic rings. The number of nitrogens with two attached hydrogens (primary N) is 1. The van der Waals surface area contributed by atoms with Gasteiger partial charge in [0.05, 0.1) is 0 Å². The lowest BCUT2D eigenvalue weighted by molar-refractivity contribution is -0.110. The van der Waals surface area contributed by atoms with Crippen LogP contribution in [0.3, 0.4) is 0 Å². The number of fused-ring (bicyclic) bond motifs is 1. The zero-order valence-electron chi connectivity index (χ0n) is 8.41. The van der Waals surface area contributed by atoms with Crippen LogP contribution in [0.2, 0.25) is 0 Å². The van der Waals surface area contributed by atoms with Gasteiger partial charge in [-0.15, -0.1) is 0 Å². The molecule has 1 aromatic carbocycles. The Labute approximate surface area is 96.8 Å². The maximum absolute atomic E-state index is 11.5. The SMILES string of the molecule is NOS(=O)(=O)C1=CC(=O)C(=O)c2ccccc21. The highest BCUT2D eigenvalue weighted by molar-refractivity contribution is 7.96. The maximum Gasteiger partial charge on any atom is 0.313 e. The summed E-state index contributed by atoms with van der Waals surface area (Å²) in [5, 5.41) is 0. The first kappa shape index (κ1) is 11.6. The van der Waals surface area contributed by atoms with Gasteiger partial charge < -0.3 is 0 Å². The van der Waals surface area contributed by atoms with E-state index < -0.39 is 26.6 Å². The van der Waals surface area contributed by atoms with E-state index >= 15 is 0 Å². The third-order valence-corrected chi connectivity index (χ3v) is 3.45. The quantitative estimate of drug-likeness (QED) is 0.588. The van der Waals surface area contributed by atoms with Crippen molar-refractivity contribution in [1.82, 2.24) is 0 Å². The largest absolute Gasteiger partial charge is 0.313 e. The van der Waals surface area contributed by atoms with Crippen LogP contribution in [0.25, 0.3) is 4.91 Å². The summed E-state index contributed by atoms with van der Waals surface area (Å²) in [7, 11) is -4.23. The van der Waals surface area contributed by atoms with Gasteiger partial charge >= 0.3 is 10.1 Å². The number of benzene rings is 1. The van der Waals surface area contributed by atoms with Crippen molar-refractivity contribution >= 4 is 26.6 Å². The molecule has 0 atom stereocenters. The second-order valence-corrected chi connectivity index (χ2v) is 4.84. The van der Waals surface area contributed by atoms with Crippen LogP contribution >= 0.6 is 0 Å². The van der Waals surface area contributed by atoms with Crippen LogP contribution < -0.4 is 5.90 Å². The minimum atomic E-state index is -4.23. The van der Waals surface area contributed by atoms with E-state index in [9.17, 15) is 18.0 Å². The summed E-state index contributed by atoms with van der Waals surface area (Å²) in [6.45, 7) is 0. The summed E-state index contributed by atoms with van der Waals surface area (Å²) in [6.07, 6.45) is 0.715. The Bertz CT molecular complexity index is 644. The fourth-order valence-electron chi connectivity index (χ4n) is 1.55. The molecule has 0 heterocycles. The summed E-state index contributed by atoms with van der Waals surface area (Å²) in [6, 6.07) is 5.85. The van der Waals surface area contributed by atoms with Crippen LogP contribution in [0.5, 0.6) is 0 Å². The number of Topliss-reactive ketones (excluding diaryl/α,β-unsaturated/α-hetero) is 1. The molecule has 2 rings (SSSR count). The minimum absolute atomic E-state index is 0.0237. The average molecular weight is 253 g/mol. The number of carbonyl (C=O) groups is 2. The molecule has 0 saturated heterocycles. The van der Waals surface area contributed by atoms with Gasteiger partial charge in [0.2, 0.25) is 11.6 Å². The highest BCUT2D eigenvalue weighted by atomic mass is 32.2. The third kappa shape index (κ3) is 1.80. The lowest BCUT2D eigenvalue weighted by Crippen LogP contribution is -2.23. The fourth-order valence-corrected chi connectivity index (χ4v) is 2.35. The zero-order valence-corrected chi connectivity index (χ0v) is 9.23. The molecule has 1 aromatic rings. The van der Waals surface area contributed by atoms with Crippen LogP contribution in [0.1, 0.15) is 15.9 Å². The third-order valence-electron chi connectivity index (χ3n) is 2.32. The molecular weight excluding hydrogens is 246 g/mol. The van der Waals surface area contributed by atoms with Gasteiger partial charge in [-0.25, -0.2) is 0 Å². The van der Waals surface area contributed by atoms with Gasteiger partial charge in [0.25, 0.3) is 0 Å². The van der Waals surface area contributed by atoms with Crippen LogP contribution in [0, 0.1) is 0 Å². The van der Waals surface area contributed by atoms with E-state index in [4.69, 9.17) is 0 Å². The van der Waals surface area contributed by atoms with E-state index in [1.807, 2.05) is 0 Å². The van der Waals surface area contributed by atoms with E-state index in [1.54, 1.807) is 6.07 Å². The number of rotatable bonds is 2. The van der Waals surface area contributed by atoms with Crippen LogP contribution in [0.15, 0.2) is 30.3 Å². The Morgan fingerprint density at radius 2 is 1.65 bits per heavy atom. The van der Waals surface area contributed by atoms with Gasteiger partial charge in [0.1, 0.15) is 4.91 Å². The molecule has 88 valence electrons. The number of ketones is 2. The van der Waals surface area contributed by atoms with Gasteiger partial charge in [-0.3, -0.25) is 9.59 Å². The average Bonchev–Trinajstić information content (AvgIpc) is 2.33. The van der Waals surface area contributed by atoms with E-state index in [1.165, 1.54) is 18.2 Å². The molecule has 1 aliphatic carbocycles. The standard InChI is InChI=1S/C10H7NO5S/c11-16-17(14,15)9-5-8(12)10(13)7-4-2-1-3-6(7)9/h1-5H,11H2. The van der Waals surface area contributed by atoms with Gasteiger partial charge in [-0.05, 0) is 0 Å². The second-order valence-electron chi connectivity index (χ2n) is 3.30. The molecule has 0 amide bonds. The lowest BCUT2D eigenvalue weighted by atomic mass is 9.95. The highest BCUT2D eigenvalue weighted by Gasteiger charge is 2.32. The Morgan fingerprint density at radius 1 is 1.06 bits per heavy atom.